The molecule has 3 rings (SSSR count). The van der Waals surface area contributed by atoms with Gasteiger partial charge in [0.05, 0.1) is 0 Å². The van der Waals surface area contributed by atoms with Crippen molar-refractivity contribution < 1.29 is 24.3 Å². The van der Waals surface area contributed by atoms with Gasteiger partial charge in [-0.2, -0.15) is 9.36 Å². The molecule has 1 saturated heterocycles. The molecule has 2 aliphatic rings. The molecule has 0 saturated carbocycles. The molecule has 3 heterocycles. The number of rotatable bonds is 6. The molecule has 1 fully saturated rings. The van der Waals surface area contributed by atoms with E-state index >= 15 is 0 Å². The molecule has 0 radical (unpaired) electrons. The maximum atomic E-state index is 12.6. The van der Waals surface area contributed by atoms with Gasteiger partial charge in [0.1, 0.15) is 23.7 Å². The summed E-state index contributed by atoms with van der Waals surface area (Å²) in [5.74, 6) is -1.93. The highest BCUT2D eigenvalue weighted by atomic mass is 32.2. The Hall–Kier alpha value is -2.67. The Kier molecular flexibility index (Phi) is 5.32. The maximum absolute atomic E-state index is 12.6. The number of carbonyl (C=O) groups excluding carboxylic acids is 2. The molecule has 0 unspecified atom stereocenters. The first-order valence-corrected chi connectivity index (χ1v) is 9.65. The number of carboxylic acid groups (broad SMARTS) is 1. The number of aromatic nitrogens is 2. The monoisotopic (exact) mass is 412 g/mol. The van der Waals surface area contributed by atoms with Gasteiger partial charge >= 0.3 is 5.97 Å². The Labute approximate surface area is 161 Å². The first-order chi connectivity index (χ1) is 12.8. The average Bonchev–Trinajstić information content (AvgIpc) is 3.05. The van der Waals surface area contributed by atoms with Crippen molar-refractivity contribution in [1.82, 2.24) is 19.6 Å². The topological polar surface area (TPSA) is 160 Å². The van der Waals surface area contributed by atoms with Crippen LogP contribution in [0.4, 0.5) is 5.13 Å². The lowest BCUT2D eigenvalue weighted by atomic mass is 10.0. The van der Waals surface area contributed by atoms with E-state index in [1.807, 2.05) is 0 Å². The summed E-state index contributed by atoms with van der Waals surface area (Å²) >= 11 is 2.27. The molecule has 0 spiro atoms. The van der Waals surface area contributed by atoms with Crippen molar-refractivity contribution in [2.24, 2.45) is 5.16 Å². The lowest BCUT2D eigenvalue weighted by molar-refractivity contribution is -0.150. The van der Waals surface area contributed by atoms with Crippen LogP contribution < -0.4 is 11.1 Å². The lowest BCUT2D eigenvalue weighted by Gasteiger charge is -2.49. The van der Waals surface area contributed by atoms with Crippen LogP contribution in [0.1, 0.15) is 19.7 Å². The second kappa shape index (κ2) is 7.52. The molecular weight excluding hydrogens is 396 g/mol. The molecule has 2 atom stereocenters. The highest BCUT2D eigenvalue weighted by Crippen LogP contribution is 2.40. The number of β-lactam (4-membered cyclic amide) rings is 1. The normalized spacial score (nSPS) is 22.2. The van der Waals surface area contributed by atoms with Crippen LogP contribution in [0.5, 0.6) is 0 Å². The van der Waals surface area contributed by atoms with Crippen LogP contribution in [0.25, 0.3) is 0 Å². The third-order valence-electron chi connectivity index (χ3n) is 3.80. The number of hydrogen-bond donors (Lipinski definition) is 3. The Morgan fingerprint density at radius 2 is 2.26 bits per heavy atom. The van der Waals surface area contributed by atoms with Crippen LogP contribution in [0.2, 0.25) is 0 Å². The molecule has 11 nitrogen and oxygen atoms in total. The van der Waals surface area contributed by atoms with E-state index in [4.69, 9.17) is 10.6 Å². The number of nitrogen functional groups attached to an aromatic ring is 1. The summed E-state index contributed by atoms with van der Waals surface area (Å²) in [5, 5.41) is 15.3. The number of hydrogen-bond acceptors (Lipinski definition) is 10. The minimum atomic E-state index is -1.17. The van der Waals surface area contributed by atoms with Gasteiger partial charge < -0.3 is 21.0 Å². The number of amides is 2. The fraction of sp³-hybridized carbons (Fsp3) is 0.429. The summed E-state index contributed by atoms with van der Waals surface area (Å²) in [6.07, 6.45) is 0. The van der Waals surface area contributed by atoms with Crippen molar-refractivity contribution >= 4 is 51.9 Å². The summed E-state index contributed by atoms with van der Waals surface area (Å²) < 4.78 is 3.94. The van der Waals surface area contributed by atoms with Gasteiger partial charge in [-0.25, -0.2) is 4.79 Å². The first kappa shape index (κ1) is 19.1. The number of fused-ring (bicyclic) bond motifs is 1. The molecule has 1 aromatic heterocycles. The van der Waals surface area contributed by atoms with E-state index in [1.165, 1.54) is 16.7 Å². The van der Waals surface area contributed by atoms with E-state index in [-0.39, 0.29) is 29.0 Å². The Morgan fingerprint density at radius 3 is 2.85 bits per heavy atom. The third-order valence-corrected chi connectivity index (χ3v) is 5.77. The number of nitrogens with one attached hydrogen (secondary N) is 1. The van der Waals surface area contributed by atoms with Crippen LogP contribution in [0.3, 0.4) is 0 Å². The SMILES string of the molecule is CCON=C(C(=O)N[C@@H]1C(=O)N2C(C(=O)O)=C(C)CS[C@H]12)c1nsc(N)n1. The maximum Gasteiger partial charge on any atom is 0.352 e. The number of carbonyl (C=O) groups is 3. The quantitative estimate of drug-likeness (QED) is 0.321. The zero-order valence-corrected chi connectivity index (χ0v) is 16.0. The van der Waals surface area contributed by atoms with Gasteiger partial charge in [0.25, 0.3) is 11.8 Å². The molecule has 0 aromatic carbocycles. The van der Waals surface area contributed by atoms with Crippen molar-refractivity contribution in [3.8, 4) is 0 Å². The smallest absolute Gasteiger partial charge is 0.352 e. The van der Waals surface area contributed by atoms with Gasteiger partial charge in [-0.3, -0.25) is 14.5 Å². The number of nitrogens with zero attached hydrogens (tertiary/aromatic N) is 4. The Balaban J connectivity index is 1.78. The minimum absolute atomic E-state index is 0.00894. The predicted octanol–water partition coefficient (Wildman–Crippen LogP) is -0.381. The number of aliphatic carboxylic acids is 1. The van der Waals surface area contributed by atoms with E-state index < -0.39 is 29.2 Å². The third kappa shape index (κ3) is 3.47. The second-order valence-corrected chi connectivity index (χ2v) is 7.50. The highest BCUT2D eigenvalue weighted by molar-refractivity contribution is 8.00. The van der Waals surface area contributed by atoms with Gasteiger partial charge in [0.15, 0.2) is 5.13 Å². The van der Waals surface area contributed by atoms with Gasteiger partial charge in [-0.05, 0) is 19.4 Å². The molecule has 13 heteroatoms. The van der Waals surface area contributed by atoms with Crippen molar-refractivity contribution in [3.05, 3.63) is 17.1 Å². The summed E-state index contributed by atoms with van der Waals surface area (Å²) in [4.78, 5) is 46.5. The minimum Gasteiger partial charge on any atom is -0.477 e. The molecule has 1 aromatic rings. The number of oxime groups is 1. The number of carboxylic acids is 1. The fourth-order valence-electron chi connectivity index (χ4n) is 2.63. The average molecular weight is 412 g/mol. The molecule has 144 valence electrons. The van der Waals surface area contributed by atoms with Crippen molar-refractivity contribution in [2.45, 2.75) is 25.3 Å². The Bertz CT molecular complexity index is 866. The van der Waals surface area contributed by atoms with Gasteiger partial charge in [-0.1, -0.05) is 5.16 Å². The molecule has 0 bridgehead atoms. The number of thioether (sulfide) groups is 1. The molecule has 2 amide bonds. The first-order valence-electron chi connectivity index (χ1n) is 7.83. The van der Waals surface area contributed by atoms with Crippen molar-refractivity contribution in [1.29, 1.82) is 0 Å². The van der Waals surface area contributed by atoms with Crippen LogP contribution >= 0.6 is 23.3 Å². The summed E-state index contributed by atoms with van der Waals surface area (Å²) in [5.41, 5.74) is 5.90. The van der Waals surface area contributed by atoms with Crippen molar-refractivity contribution in [3.63, 3.8) is 0 Å². The molecular formula is C14H16N6O5S2. The van der Waals surface area contributed by atoms with Gasteiger partial charge in [-0.15, -0.1) is 11.8 Å². The van der Waals surface area contributed by atoms with E-state index in [0.29, 0.717) is 11.3 Å². The highest BCUT2D eigenvalue weighted by Gasteiger charge is 2.54. The van der Waals surface area contributed by atoms with E-state index in [1.54, 1.807) is 13.8 Å². The van der Waals surface area contributed by atoms with E-state index in [0.717, 1.165) is 11.5 Å². The van der Waals surface area contributed by atoms with E-state index in [2.05, 4.69) is 19.8 Å². The number of nitrogens with two attached hydrogens (primary N) is 1. The fourth-order valence-corrected chi connectivity index (χ4v) is 4.36. The summed E-state index contributed by atoms with van der Waals surface area (Å²) in [6.45, 7) is 3.57. The molecule has 2 aliphatic heterocycles. The molecule has 0 aliphatic carbocycles. The van der Waals surface area contributed by atoms with Crippen molar-refractivity contribution in [2.75, 3.05) is 18.1 Å². The van der Waals surface area contributed by atoms with Crippen LogP contribution in [0.15, 0.2) is 16.4 Å². The van der Waals surface area contributed by atoms with Gasteiger partial charge in [0, 0.05) is 17.3 Å². The largest absolute Gasteiger partial charge is 0.477 e. The zero-order valence-electron chi connectivity index (χ0n) is 14.3. The molecule has 4 N–H and O–H groups in total. The standard InChI is InChI=1S/C14H16N6O5S2/c1-3-25-18-6(9-17-14(15)27-19-9)10(21)16-7-11(22)20-8(13(23)24)5(2)4-26-12(7)20/h7,12H,3-4H2,1-2H3,(H,16,21)(H,23,24)(H2,15,17,19)/t7-,12-/m1/s1. The van der Waals surface area contributed by atoms with Crippen LogP contribution in [-0.4, -0.2) is 66.6 Å². The summed E-state index contributed by atoms with van der Waals surface area (Å²) in [7, 11) is 0. The Morgan fingerprint density at radius 1 is 1.52 bits per heavy atom. The second-order valence-electron chi connectivity index (χ2n) is 5.61. The predicted molar refractivity (Wildman–Crippen MR) is 97.8 cm³/mol. The van der Waals surface area contributed by atoms with E-state index in [9.17, 15) is 19.5 Å². The lowest BCUT2D eigenvalue weighted by Crippen LogP contribution is -2.71. The van der Waals surface area contributed by atoms with Crippen LogP contribution in [-0.2, 0) is 19.2 Å². The van der Waals surface area contributed by atoms with Gasteiger partial charge in [0.2, 0.25) is 11.5 Å². The van der Waals surface area contributed by atoms with Crippen LogP contribution in [0, 0.1) is 0 Å². The molecule has 27 heavy (non-hydrogen) atoms. The zero-order chi connectivity index (χ0) is 19.7. The summed E-state index contributed by atoms with van der Waals surface area (Å²) in [6, 6.07) is -0.882. The number of anilines is 1.